The van der Waals surface area contributed by atoms with Crippen LogP contribution in [0.15, 0.2) is 79.1 Å². The van der Waals surface area contributed by atoms with Gasteiger partial charge in [0.1, 0.15) is 11.3 Å². The number of nitrogens with zero attached hydrogens (tertiary/aromatic N) is 4. The molecule has 1 fully saturated rings. The van der Waals surface area contributed by atoms with Gasteiger partial charge in [0, 0.05) is 42.6 Å². The van der Waals surface area contributed by atoms with Gasteiger partial charge >= 0.3 is 0 Å². The largest absolute Gasteiger partial charge is 0.494 e. The van der Waals surface area contributed by atoms with E-state index in [1.807, 2.05) is 60.7 Å². The van der Waals surface area contributed by atoms with Crippen molar-refractivity contribution in [3.8, 4) is 5.75 Å². The Bertz CT molecular complexity index is 1680. The Labute approximate surface area is 243 Å². The number of anilines is 5. The van der Waals surface area contributed by atoms with Crippen LogP contribution in [-0.2, 0) is 6.54 Å². The highest BCUT2D eigenvalue weighted by molar-refractivity contribution is 5.95. The van der Waals surface area contributed by atoms with Crippen LogP contribution in [0.4, 0.5) is 28.8 Å². The van der Waals surface area contributed by atoms with Gasteiger partial charge in [0.05, 0.1) is 25.2 Å². The molecule has 2 aromatic heterocycles. The number of aromatic nitrogens is 4. The summed E-state index contributed by atoms with van der Waals surface area (Å²) in [5.74, 6) is 1.31. The second-order valence-electron chi connectivity index (χ2n) is 10.1. The fourth-order valence-corrected chi connectivity index (χ4v) is 4.96. The summed E-state index contributed by atoms with van der Waals surface area (Å²) >= 11 is 0. The Kier molecular flexibility index (Phi) is 7.82. The normalized spacial score (nSPS) is 13.6. The van der Waals surface area contributed by atoms with Gasteiger partial charge in [0.25, 0.3) is 5.91 Å². The van der Waals surface area contributed by atoms with Crippen LogP contribution in [0.2, 0.25) is 0 Å². The van der Waals surface area contributed by atoms with Crippen LogP contribution in [0.1, 0.15) is 28.8 Å². The summed E-state index contributed by atoms with van der Waals surface area (Å²) in [6, 6.07) is 22.9. The molecule has 1 aliphatic heterocycles. The average molecular weight is 565 g/mol. The summed E-state index contributed by atoms with van der Waals surface area (Å²) in [7, 11) is 1.62. The minimum Gasteiger partial charge on any atom is -0.494 e. The van der Waals surface area contributed by atoms with Crippen LogP contribution >= 0.6 is 0 Å². The zero-order valence-electron chi connectivity index (χ0n) is 23.2. The molecule has 0 radical (unpaired) electrons. The number of aromatic amines is 1. The molecular weight excluding hydrogens is 532 g/mol. The van der Waals surface area contributed by atoms with Gasteiger partial charge in [-0.05, 0) is 48.7 Å². The van der Waals surface area contributed by atoms with Crippen molar-refractivity contribution in [1.29, 1.82) is 0 Å². The second-order valence-corrected chi connectivity index (χ2v) is 10.1. The van der Waals surface area contributed by atoms with Crippen molar-refractivity contribution in [3.05, 3.63) is 90.3 Å². The maximum Gasteiger partial charge on any atom is 0.251 e. The van der Waals surface area contributed by atoms with E-state index in [0.717, 1.165) is 37.2 Å². The van der Waals surface area contributed by atoms with E-state index in [9.17, 15) is 9.90 Å². The molecule has 0 atom stereocenters. The van der Waals surface area contributed by atoms with Crippen LogP contribution in [0.5, 0.6) is 5.75 Å². The highest BCUT2D eigenvalue weighted by Gasteiger charge is 2.19. The fraction of sp³-hybridized carbons (Fsp3) is 0.226. The number of imidazole rings is 1. The number of hydrogen-bond acceptors (Lipinski definition) is 9. The van der Waals surface area contributed by atoms with E-state index in [0.29, 0.717) is 52.2 Å². The van der Waals surface area contributed by atoms with E-state index in [4.69, 9.17) is 9.72 Å². The molecule has 0 unspecified atom stereocenters. The number of carbonyl (C=O) groups is 1. The van der Waals surface area contributed by atoms with Crippen molar-refractivity contribution in [2.75, 3.05) is 35.7 Å². The molecule has 6 rings (SSSR count). The van der Waals surface area contributed by atoms with E-state index in [1.54, 1.807) is 25.6 Å². The number of amides is 1. The molecule has 5 N–H and O–H groups in total. The molecule has 3 heterocycles. The first-order valence-electron chi connectivity index (χ1n) is 13.8. The van der Waals surface area contributed by atoms with Gasteiger partial charge < -0.3 is 35.7 Å². The maximum atomic E-state index is 12.8. The van der Waals surface area contributed by atoms with Gasteiger partial charge in [0.2, 0.25) is 5.95 Å². The number of aliphatic hydroxyl groups excluding tert-OH is 1. The Balaban J connectivity index is 1.20. The second kappa shape index (κ2) is 12.1. The topological polar surface area (TPSA) is 140 Å². The highest BCUT2D eigenvalue weighted by atomic mass is 16.5. The van der Waals surface area contributed by atoms with E-state index in [-0.39, 0.29) is 12.0 Å². The lowest BCUT2D eigenvalue weighted by atomic mass is 10.1. The van der Waals surface area contributed by atoms with E-state index in [2.05, 4.69) is 35.8 Å². The van der Waals surface area contributed by atoms with Gasteiger partial charge in [-0.2, -0.15) is 9.97 Å². The van der Waals surface area contributed by atoms with Crippen LogP contribution in [-0.4, -0.2) is 57.3 Å². The molecule has 42 heavy (non-hydrogen) atoms. The Morgan fingerprint density at radius 2 is 1.86 bits per heavy atom. The number of aliphatic hydroxyl groups is 1. The number of fused-ring (bicyclic) bond motifs is 1. The lowest BCUT2D eigenvalue weighted by Gasteiger charge is -2.31. The van der Waals surface area contributed by atoms with Crippen LogP contribution in [0, 0.1) is 0 Å². The highest BCUT2D eigenvalue weighted by Crippen LogP contribution is 2.33. The summed E-state index contributed by atoms with van der Waals surface area (Å²) in [6.07, 6.45) is 2.82. The van der Waals surface area contributed by atoms with E-state index >= 15 is 0 Å². The van der Waals surface area contributed by atoms with Gasteiger partial charge in [-0.25, -0.2) is 4.98 Å². The zero-order chi connectivity index (χ0) is 28.9. The number of H-pyrrole nitrogens is 1. The number of methoxy groups -OCH3 is 1. The van der Waals surface area contributed by atoms with Crippen molar-refractivity contribution in [3.63, 3.8) is 0 Å². The monoisotopic (exact) mass is 564 g/mol. The Hall–Kier alpha value is -5.16. The standard InChI is InChI=1S/C31H32N8O3/c1-42-26-17-23(39-14-12-24(40)13-15-39)10-11-25(26)36-31-37-28-27(33-19-34-28)29(38-31)35-22-9-5-8-21(16-22)30(41)32-18-20-6-3-2-4-7-20/h2-11,16-17,19,24,40H,12-15,18H2,1H3,(H,32,41)(H3,33,34,35,36,37,38). The predicted octanol–water partition coefficient (Wildman–Crippen LogP) is 4.74. The molecule has 1 saturated heterocycles. The third-order valence-corrected chi connectivity index (χ3v) is 7.23. The number of benzene rings is 3. The van der Waals surface area contributed by atoms with Crippen LogP contribution in [0.3, 0.4) is 0 Å². The van der Waals surface area contributed by atoms with E-state index < -0.39 is 0 Å². The minimum atomic E-state index is -0.236. The van der Waals surface area contributed by atoms with Crippen molar-refractivity contribution in [2.24, 2.45) is 0 Å². The smallest absolute Gasteiger partial charge is 0.251 e. The van der Waals surface area contributed by atoms with Gasteiger partial charge in [-0.3, -0.25) is 4.79 Å². The van der Waals surface area contributed by atoms with Crippen molar-refractivity contribution < 1.29 is 14.6 Å². The van der Waals surface area contributed by atoms with Crippen molar-refractivity contribution in [1.82, 2.24) is 25.3 Å². The molecular formula is C31H32N8O3. The SMILES string of the molecule is COc1cc(N2CCC(O)CC2)ccc1Nc1nc(Nc2cccc(C(=O)NCc3ccccc3)c2)c2[nH]cnc2n1. The molecule has 0 spiro atoms. The van der Waals surface area contributed by atoms with E-state index in [1.165, 1.54) is 0 Å². The molecule has 5 aromatic rings. The fourth-order valence-electron chi connectivity index (χ4n) is 4.96. The quantitative estimate of drug-likeness (QED) is 0.172. The van der Waals surface area contributed by atoms with Crippen LogP contribution < -0.4 is 25.6 Å². The lowest BCUT2D eigenvalue weighted by Crippen LogP contribution is -2.35. The molecule has 1 aliphatic rings. The molecule has 0 saturated carbocycles. The number of ether oxygens (including phenoxy) is 1. The first-order chi connectivity index (χ1) is 20.6. The third kappa shape index (κ3) is 6.11. The Morgan fingerprint density at radius 3 is 2.67 bits per heavy atom. The molecule has 0 bridgehead atoms. The number of rotatable bonds is 9. The first kappa shape index (κ1) is 27.0. The third-order valence-electron chi connectivity index (χ3n) is 7.23. The molecule has 214 valence electrons. The van der Waals surface area contributed by atoms with Gasteiger partial charge in [-0.1, -0.05) is 36.4 Å². The number of carbonyl (C=O) groups excluding carboxylic acids is 1. The molecule has 3 aromatic carbocycles. The van der Waals surface area contributed by atoms with Crippen LogP contribution in [0.25, 0.3) is 11.2 Å². The first-order valence-corrected chi connectivity index (χ1v) is 13.8. The number of piperidine rings is 1. The summed E-state index contributed by atoms with van der Waals surface area (Å²) in [4.78, 5) is 31.8. The molecule has 1 amide bonds. The van der Waals surface area contributed by atoms with Gasteiger partial charge in [0.15, 0.2) is 11.5 Å². The lowest BCUT2D eigenvalue weighted by molar-refractivity contribution is 0.0951. The summed E-state index contributed by atoms with van der Waals surface area (Å²) in [5.41, 5.74) is 5.09. The predicted molar refractivity (Wildman–Crippen MR) is 163 cm³/mol. The number of hydrogen-bond donors (Lipinski definition) is 5. The summed E-state index contributed by atoms with van der Waals surface area (Å²) in [5, 5.41) is 19.4. The Morgan fingerprint density at radius 1 is 1.02 bits per heavy atom. The zero-order valence-corrected chi connectivity index (χ0v) is 23.2. The molecule has 11 heteroatoms. The number of nitrogens with one attached hydrogen (secondary N) is 4. The van der Waals surface area contributed by atoms with Crippen molar-refractivity contribution in [2.45, 2.75) is 25.5 Å². The molecule has 11 nitrogen and oxygen atoms in total. The minimum absolute atomic E-state index is 0.171. The molecule has 0 aliphatic carbocycles. The maximum absolute atomic E-state index is 12.8. The summed E-state index contributed by atoms with van der Waals surface area (Å²) in [6.45, 7) is 2.03. The average Bonchev–Trinajstić information content (AvgIpc) is 3.50. The van der Waals surface area contributed by atoms with Crippen molar-refractivity contribution >= 4 is 45.9 Å². The summed E-state index contributed by atoms with van der Waals surface area (Å²) < 4.78 is 5.68. The van der Waals surface area contributed by atoms with Gasteiger partial charge in [-0.15, -0.1) is 0 Å².